The van der Waals surface area contributed by atoms with Crippen LogP contribution < -0.4 is 10.6 Å². The second-order valence-corrected chi connectivity index (χ2v) is 4.79. The largest absolute Gasteiger partial charge is 0.480 e. The summed E-state index contributed by atoms with van der Waals surface area (Å²) >= 11 is 0. The number of hydrogen-bond donors (Lipinski definition) is 2. The number of primary amides is 1. The van der Waals surface area contributed by atoms with E-state index in [1.54, 1.807) is 24.0 Å². The second kappa shape index (κ2) is 5.46. The summed E-state index contributed by atoms with van der Waals surface area (Å²) in [6.07, 6.45) is 0.138. The normalized spacial score (nSPS) is 22.0. The van der Waals surface area contributed by atoms with Crippen molar-refractivity contribution in [1.82, 2.24) is 4.98 Å². The molecule has 2 unspecified atom stereocenters. The summed E-state index contributed by atoms with van der Waals surface area (Å²) in [4.78, 5) is 28.7. The smallest absolute Gasteiger partial charge is 0.326 e. The number of carbonyl (C=O) groups is 2. The second-order valence-electron chi connectivity index (χ2n) is 4.79. The summed E-state index contributed by atoms with van der Waals surface area (Å²) in [6, 6.07) is 2.47. The summed E-state index contributed by atoms with van der Waals surface area (Å²) < 4.78 is 5.22. The van der Waals surface area contributed by atoms with Gasteiger partial charge in [-0.05, 0) is 19.1 Å². The summed E-state index contributed by atoms with van der Waals surface area (Å²) in [5, 5.41) is 9.32. The van der Waals surface area contributed by atoms with Crippen molar-refractivity contribution in [2.75, 3.05) is 18.6 Å². The number of pyridine rings is 1. The predicted octanol–water partition coefficient (Wildman–Crippen LogP) is 0.167. The van der Waals surface area contributed by atoms with Gasteiger partial charge < -0.3 is 20.5 Å². The van der Waals surface area contributed by atoms with Crippen LogP contribution in [0.4, 0.5) is 5.82 Å². The lowest BCUT2D eigenvalue weighted by Crippen LogP contribution is -2.38. The summed E-state index contributed by atoms with van der Waals surface area (Å²) in [5.41, 5.74) is 6.25. The molecule has 2 atom stereocenters. The number of carboxylic acids is 1. The van der Waals surface area contributed by atoms with Crippen molar-refractivity contribution >= 4 is 17.7 Å². The molecule has 1 aliphatic heterocycles. The summed E-state index contributed by atoms with van der Waals surface area (Å²) in [7, 11) is 1.53. The van der Waals surface area contributed by atoms with Gasteiger partial charge in [-0.1, -0.05) is 0 Å². The molecule has 0 spiro atoms. The lowest BCUT2D eigenvalue weighted by atomic mass is 10.1. The molecule has 1 aromatic rings. The molecule has 1 saturated heterocycles. The first-order chi connectivity index (χ1) is 9.43. The molecule has 0 aliphatic carbocycles. The molecule has 2 heterocycles. The van der Waals surface area contributed by atoms with Crippen LogP contribution >= 0.6 is 0 Å². The molecule has 20 heavy (non-hydrogen) atoms. The molecule has 1 fully saturated rings. The minimum absolute atomic E-state index is 0.209. The van der Waals surface area contributed by atoms with Gasteiger partial charge >= 0.3 is 5.97 Å². The first-order valence-electron chi connectivity index (χ1n) is 6.23. The van der Waals surface area contributed by atoms with Crippen LogP contribution in [0, 0.1) is 6.92 Å². The standard InChI is InChI=1S/C13H17N3O4/c1-7-3-4-9(11(14)17)12(15-7)16-6-8(20-2)5-10(16)13(18)19/h3-4,8,10H,5-6H2,1-2H3,(H2,14,17)(H,18,19). The number of amides is 1. The molecule has 1 aromatic heterocycles. The van der Waals surface area contributed by atoms with E-state index < -0.39 is 17.9 Å². The predicted molar refractivity (Wildman–Crippen MR) is 71.7 cm³/mol. The lowest BCUT2D eigenvalue weighted by molar-refractivity contribution is -0.138. The molecular weight excluding hydrogens is 262 g/mol. The zero-order valence-corrected chi connectivity index (χ0v) is 11.4. The third-order valence-electron chi connectivity index (χ3n) is 3.43. The van der Waals surface area contributed by atoms with E-state index in [4.69, 9.17) is 10.5 Å². The van der Waals surface area contributed by atoms with Crippen LogP contribution in [0.1, 0.15) is 22.5 Å². The third kappa shape index (κ3) is 2.57. The van der Waals surface area contributed by atoms with Crippen LogP contribution in [-0.2, 0) is 9.53 Å². The van der Waals surface area contributed by atoms with E-state index in [1.165, 1.54) is 7.11 Å². The van der Waals surface area contributed by atoms with Gasteiger partial charge in [-0.2, -0.15) is 0 Å². The van der Waals surface area contributed by atoms with E-state index in [1.807, 2.05) is 0 Å². The maximum Gasteiger partial charge on any atom is 0.326 e. The number of nitrogens with zero attached hydrogens (tertiary/aromatic N) is 2. The van der Waals surface area contributed by atoms with E-state index in [2.05, 4.69) is 4.98 Å². The Balaban J connectivity index is 2.45. The van der Waals surface area contributed by atoms with Gasteiger partial charge in [-0.25, -0.2) is 9.78 Å². The van der Waals surface area contributed by atoms with E-state index >= 15 is 0 Å². The van der Waals surface area contributed by atoms with Crippen molar-refractivity contribution in [3.8, 4) is 0 Å². The summed E-state index contributed by atoms with van der Waals surface area (Å²) in [6.45, 7) is 2.14. The van der Waals surface area contributed by atoms with Crippen LogP contribution in [0.5, 0.6) is 0 Å². The van der Waals surface area contributed by atoms with Crippen molar-refractivity contribution in [1.29, 1.82) is 0 Å². The molecule has 0 radical (unpaired) electrons. The fourth-order valence-electron chi connectivity index (χ4n) is 2.39. The Morgan fingerprint density at radius 3 is 2.75 bits per heavy atom. The van der Waals surface area contributed by atoms with Crippen LogP contribution in [0.2, 0.25) is 0 Å². The number of anilines is 1. The molecular formula is C13H17N3O4. The van der Waals surface area contributed by atoms with Crippen molar-refractivity contribution in [3.63, 3.8) is 0 Å². The van der Waals surface area contributed by atoms with Crippen molar-refractivity contribution in [3.05, 3.63) is 23.4 Å². The third-order valence-corrected chi connectivity index (χ3v) is 3.43. The van der Waals surface area contributed by atoms with E-state index in [-0.39, 0.29) is 11.7 Å². The Hall–Kier alpha value is -2.15. The number of aromatic nitrogens is 1. The van der Waals surface area contributed by atoms with E-state index in [0.29, 0.717) is 24.5 Å². The van der Waals surface area contributed by atoms with Crippen molar-refractivity contribution in [2.24, 2.45) is 5.73 Å². The molecule has 2 rings (SSSR count). The van der Waals surface area contributed by atoms with Gasteiger partial charge in [0.1, 0.15) is 11.9 Å². The molecule has 0 bridgehead atoms. The van der Waals surface area contributed by atoms with Crippen LogP contribution in [0.25, 0.3) is 0 Å². The highest BCUT2D eigenvalue weighted by atomic mass is 16.5. The van der Waals surface area contributed by atoms with Gasteiger partial charge in [0, 0.05) is 25.8 Å². The van der Waals surface area contributed by atoms with Gasteiger partial charge in [0.25, 0.3) is 5.91 Å². The number of methoxy groups -OCH3 is 1. The Morgan fingerprint density at radius 1 is 1.50 bits per heavy atom. The van der Waals surface area contributed by atoms with Gasteiger partial charge in [0.05, 0.1) is 11.7 Å². The Labute approximate surface area is 116 Å². The minimum atomic E-state index is -0.969. The maximum absolute atomic E-state index is 11.5. The van der Waals surface area contributed by atoms with Gasteiger partial charge in [0.15, 0.2) is 0 Å². The minimum Gasteiger partial charge on any atom is -0.480 e. The number of aliphatic carboxylic acids is 1. The molecule has 108 valence electrons. The van der Waals surface area contributed by atoms with Gasteiger partial charge in [-0.3, -0.25) is 4.79 Å². The first kappa shape index (κ1) is 14.3. The Bertz CT molecular complexity index is 546. The average molecular weight is 279 g/mol. The zero-order chi connectivity index (χ0) is 14.9. The molecule has 7 heteroatoms. The SMILES string of the molecule is COC1CC(C(=O)O)N(c2nc(C)ccc2C(N)=O)C1. The fraction of sp³-hybridized carbons (Fsp3) is 0.462. The number of aryl methyl sites for hydroxylation is 1. The van der Waals surface area contributed by atoms with Crippen LogP contribution in [0.3, 0.4) is 0 Å². The molecule has 3 N–H and O–H groups in total. The van der Waals surface area contributed by atoms with E-state index in [0.717, 1.165) is 0 Å². The van der Waals surface area contributed by atoms with Crippen LogP contribution in [-0.4, -0.2) is 47.8 Å². The summed E-state index contributed by atoms with van der Waals surface area (Å²) in [5.74, 6) is -1.29. The zero-order valence-electron chi connectivity index (χ0n) is 11.4. The van der Waals surface area contributed by atoms with Crippen molar-refractivity contribution in [2.45, 2.75) is 25.5 Å². The maximum atomic E-state index is 11.5. The van der Waals surface area contributed by atoms with Crippen molar-refractivity contribution < 1.29 is 19.4 Å². The number of ether oxygens (including phenoxy) is 1. The monoisotopic (exact) mass is 279 g/mol. The average Bonchev–Trinajstić information content (AvgIpc) is 2.82. The quantitative estimate of drug-likeness (QED) is 0.813. The molecule has 1 aliphatic rings. The molecule has 1 amide bonds. The number of hydrogen-bond acceptors (Lipinski definition) is 5. The molecule has 7 nitrogen and oxygen atoms in total. The first-order valence-corrected chi connectivity index (χ1v) is 6.23. The number of carbonyl (C=O) groups excluding carboxylic acids is 1. The molecule has 0 saturated carbocycles. The Kier molecular flexibility index (Phi) is 3.89. The van der Waals surface area contributed by atoms with Gasteiger partial charge in [0.2, 0.25) is 0 Å². The Morgan fingerprint density at radius 2 is 2.20 bits per heavy atom. The molecule has 0 aromatic carbocycles. The highest BCUT2D eigenvalue weighted by molar-refractivity contribution is 5.98. The number of carboxylic acid groups (broad SMARTS) is 1. The van der Waals surface area contributed by atoms with Crippen LogP contribution in [0.15, 0.2) is 12.1 Å². The fourth-order valence-corrected chi connectivity index (χ4v) is 2.39. The lowest BCUT2D eigenvalue weighted by Gasteiger charge is -2.24. The number of nitrogens with two attached hydrogens (primary N) is 1. The highest BCUT2D eigenvalue weighted by Gasteiger charge is 2.39. The van der Waals surface area contributed by atoms with Gasteiger partial charge in [-0.15, -0.1) is 0 Å². The topological polar surface area (TPSA) is 106 Å². The van der Waals surface area contributed by atoms with E-state index in [9.17, 15) is 14.7 Å². The number of rotatable bonds is 4. The highest BCUT2D eigenvalue weighted by Crippen LogP contribution is 2.28.